The number of rotatable bonds is 5. The molecule has 0 aromatic rings. The van der Waals surface area contributed by atoms with Crippen molar-refractivity contribution in [3.63, 3.8) is 0 Å². The molecular weight excluding hydrogens is 214 g/mol. The van der Waals surface area contributed by atoms with E-state index >= 15 is 0 Å². The van der Waals surface area contributed by atoms with E-state index in [9.17, 15) is 4.79 Å². The van der Waals surface area contributed by atoms with Crippen molar-refractivity contribution in [1.82, 2.24) is 15.1 Å². The molecule has 0 spiro atoms. The SMILES string of the molecule is CCNCCC(=O)N1CCCN(C)CC1CC. The van der Waals surface area contributed by atoms with Crippen LogP contribution in [0.1, 0.15) is 33.1 Å². The predicted molar refractivity (Wildman–Crippen MR) is 71.1 cm³/mol. The Morgan fingerprint density at radius 3 is 2.76 bits per heavy atom. The molecule has 1 atom stereocenters. The first-order valence-electron chi connectivity index (χ1n) is 6.87. The molecule has 0 aromatic heterocycles. The lowest BCUT2D eigenvalue weighted by molar-refractivity contribution is -0.133. The van der Waals surface area contributed by atoms with Gasteiger partial charge in [-0.05, 0) is 33.0 Å². The standard InChI is InChI=1S/C13H27N3O/c1-4-12-11-15(3)9-6-10-16(12)13(17)7-8-14-5-2/h12,14H,4-11H2,1-3H3. The number of carbonyl (C=O) groups excluding carboxylic acids is 1. The number of hydrogen-bond acceptors (Lipinski definition) is 3. The molecule has 0 bridgehead atoms. The Kier molecular flexibility index (Phi) is 6.52. The summed E-state index contributed by atoms with van der Waals surface area (Å²) in [6.45, 7) is 9.03. The van der Waals surface area contributed by atoms with Crippen LogP contribution < -0.4 is 5.32 Å². The number of nitrogens with zero attached hydrogens (tertiary/aromatic N) is 2. The Morgan fingerprint density at radius 2 is 2.12 bits per heavy atom. The van der Waals surface area contributed by atoms with Gasteiger partial charge in [-0.2, -0.15) is 0 Å². The number of hydrogen-bond donors (Lipinski definition) is 1. The van der Waals surface area contributed by atoms with Gasteiger partial charge >= 0.3 is 0 Å². The van der Waals surface area contributed by atoms with E-state index in [-0.39, 0.29) is 0 Å². The summed E-state index contributed by atoms with van der Waals surface area (Å²) in [6.07, 6.45) is 2.78. The summed E-state index contributed by atoms with van der Waals surface area (Å²) in [6, 6.07) is 0.400. The summed E-state index contributed by atoms with van der Waals surface area (Å²) in [4.78, 5) is 16.6. The Labute approximate surface area is 105 Å². The molecule has 1 saturated heterocycles. The Morgan fingerprint density at radius 1 is 1.35 bits per heavy atom. The number of carbonyl (C=O) groups is 1. The average Bonchev–Trinajstić information content (AvgIpc) is 2.50. The van der Waals surface area contributed by atoms with Gasteiger partial charge in [0, 0.05) is 32.1 Å². The first-order chi connectivity index (χ1) is 8.19. The van der Waals surface area contributed by atoms with Gasteiger partial charge in [-0.25, -0.2) is 0 Å². The van der Waals surface area contributed by atoms with Crippen molar-refractivity contribution in [2.75, 3.05) is 39.8 Å². The molecule has 1 unspecified atom stereocenters. The molecule has 0 aliphatic carbocycles. The first-order valence-corrected chi connectivity index (χ1v) is 6.87. The second-order valence-corrected chi connectivity index (χ2v) is 4.87. The highest BCUT2D eigenvalue weighted by molar-refractivity contribution is 5.76. The molecule has 4 nitrogen and oxygen atoms in total. The van der Waals surface area contributed by atoms with Gasteiger partial charge < -0.3 is 15.1 Å². The van der Waals surface area contributed by atoms with Gasteiger partial charge in [0.15, 0.2) is 0 Å². The summed E-state index contributed by atoms with van der Waals surface area (Å²) in [5.41, 5.74) is 0. The molecule has 1 amide bonds. The maximum atomic E-state index is 12.2. The van der Waals surface area contributed by atoms with Crippen molar-refractivity contribution in [3.8, 4) is 0 Å². The first kappa shape index (κ1) is 14.5. The molecule has 1 fully saturated rings. The summed E-state index contributed by atoms with van der Waals surface area (Å²) in [5, 5.41) is 3.22. The van der Waals surface area contributed by atoms with E-state index in [1.165, 1.54) is 0 Å². The third-order valence-corrected chi connectivity index (χ3v) is 3.46. The molecule has 100 valence electrons. The van der Waals surface area contributed by atoms with Gasteiger partial charge in [0.2, 0.25) is 5.91 Å². The summed E-state index contributed by atoms with van der Waals surface area (Å²) >= 11 is 0. The minimum atomic E-state index is 0.313. The Bertz CT molecular complexity index is 233. The molecule has 4 heteroatoms. The molecule has 1 rings (SSSR count). The van der Waals surface area contributed by atoms with Crippen molar-refractivity contribution >= 4 is 5.91 Å². The lowest BCUT2D eigenvalue weighted by Crippen LogP contribution is -2.44. The van der Waals surface area contributed by atoms with Crippen LogP contribution in [0.25, 0.3) is 0 Å². The fourth-order valence-electron chi connectivity index (χ4n) is 2.44. The minimum Gasteiger partial charge on any atom is -0.338 e. The second-order valence-electron chi connectivity index (χ2n) is 4.87. The molecule has 17 heavy (non-hydrogen) atoms. The van der Waals surface area contributed by atoms with Crippen LogP contribution in [0.2, 0.25) is 0 Å². The zero-order valence-electron chi connectivity index (χ0n) is 11.5. The topological polar surface area (TPSA) is 35.6 Å². The molecule has 1 aliphatic rings. The summed E-state index contributed by atoms with van der Waals surface area (Å²) < 4.78 is 0. The van der Waals surface area contributed by atoms with Crippen molar-refractivity contribution < 1.29 is 4.79 Å². The lowest BCUT2D eigenvalue weighted by atomic mass is 10.1. The van der Waals surface area contributed by atoms with Gasteiger partial charge in [-0.15, -0.1) is 0 Å². The molecular formula is C13H27N3O. The third kappa shape index (κ3) is 4.64. The average molecular weight is 241 g/mol. The van der Waals surface area contributed by atoms with Crippen LogP contribution >= 0.6 is 0 Å². The summed E-state index contributed by atoms with van der Waals surface area (Å²) in [5.74, 6) is 0.313. The number of amides is 1. The predicted octanol–water partition coefficient (Wildman–Crippen LogP) is 0.929. The smallest absolute Gasteiger partial charge is 0.224 e. The quantitative estimate of drug-likeness (QED) is 0.727. The van der Waals surface area contributed by atoms with Crippen molar-refractivity contribution in [1.29, 1.82) is 0 Å². The van der Waals surface area contributed by atoms with Gasteiger partial charge in [0.05, 0.1) is 0 Å². The monoisotopic (exact) mass is 241 g/mol. The van der Waals surface area contributed by atoms with Gasteiger partial charge in [0.25, 0.3) is 0 Å². The fourth-order valence-corrected chi connectivity index (χ4v) is 2.44. The molecule has 1 aliphatic heterocycles. The van der Waals surface area contributed by atoms with E-state index in [1.807, 2.05) is 0 Å². The molecule has 0 aromatic carbocycles. The molecule has 1 N–H and O–H groups in total. The molecule has 1 heterocycles. The van der Waals surface area contributed by atoms with Crippen molar-refractivity contribution in [2.24, 2.45) is 0 Å². The minimum absolute atomic E-state index is 0.313. The maximum absolute atomic E-state index is 12.2. The lowest BCUT2D eigenvalue weighted by Gasteiger charge is -2.30. The van der Waals surface area contributed by atoms with Gasteiger partial charge in [-0.3, -0.25) is 4.79 Å². The van der Waals surface area contributed by atoms with Crippen LogP contribution in [0.5, 0.6) is 0 Å². The normalized spacial score (nSPS) is 22.5. The highest BCUT2D eigenvalue weighted by Crippen LogP contribution is 2.13. The molecule has 0 radical (unpaired) electrons. The van der Waals surface area contributed by atoms with Crippen LogP contribution in [0.3, 0.4) is 0 Å². The largest absolute Gasteiger partial charge is 0.338 e. The van der Waals surface area contributed by atoms with Crippen LogP contribution in [0, 0.1) is 0 Å². The van der Waals surface area contributed by atoms with E-state index in [0.29, 0.717) is 18.4 Å². The highest BCUT2D eigenvalue weighted by atomic mass is 16.2. The van der Waals surface area contributed by atoms with Gasteiger partial charge in [-0.1, -0.05) is 13.8 Å². The Balaban J connectivity index is 2.49. The zero-order valence-corrected chi connectivity index (χ0v) is 11.5. The van der Waals surface area contributed by atoms with Crippen LogP contribution in [0.15, 0.2) is 0 Å². The maximum Gasteiger partial charge on any atom is 0.224 e. The van der Waals surface area contributed by atoms with Crippen molar-refractivity contribution in [2.45, 2.75) is 39.2 Å². The molecule has 0 saturated carbocycles. The van der Waals surface area contributed by atoms with Crippen LogP contribution in [0.4, 0.5) is 0 Å². The van der Waals surface area contributed by atoms with E-state index in [2.05, 4.69) is 36.0 Å². The fraction of sp³-hybridized carbons (Fsp3) is 0.923. The van der Waals surface area contributed by atoms with Crippen LogP contribution in [-0.4, -0.2) is 61.5 Å². The van der Waals surface area contributed by atoms with Crippen molar-refractivity contribution in [3.05, 3.63) is 0 Å². The van der Waals surface area contributed by atoms with Gasteiger partial charge in [0.1, 0.15) is 0 Å². The van der Waals surface area contributed by atoms with E-state index in [1.54, 1.807) is 0 Å². The third-order valence-electron chi connectivity index (χ3n) is 3.46. The Hall–Kier alpha value is -0.610. The number of nitrogens with one attached hydrogen (secondary N) is 1. The zero-order chi connectivity index (χ0) is 12.7. The highest BCUT2D eigenvalue weighted by Gasteiger charge is 2.25. The van der Waals surface area contributed by atoms with E-state index in [0.717, 1.165) is 45.6 Å². The van der Waals surface area contributed by atoms with E-state index < -0.39 is 0 Å². The number of likely N-dealkylation sites (N-methyl/N-ethyl adjacent to an activating group) is 1. The van der Waals surface area contributed by atoms with E-state index in [4.69, 9.17) is 0 Å². The second kappa shape index (κ2) is 7.67. The summed E-state index contributed by atoms with van der Waals surface area (Å²) in [7, 11) is 2.15. The van der Waals surface area contributed by atoms with Crippen LogP contribution in [-0.2, 0) is 4.79 Å².